The number of nitrogens with zero attached hydrogens (tertiary/aromatic N) is 2. The van der Waals surface area contributed by atoms with Crippen molar-refractivity contribution in [1.82, 2.24) is 9.80 Å². The van der Waals surface area contributed by atoms with E-state index in [2.05, 4.69) is 0 Å². The fourth-order valence-corrected chi connectivity index (χ4v) is 2.66. The topological polar surface area (TPSA) is 40.6 Å². The summed E-state index contributed by atoms with van der Waals surface area (Å²) < 4.78 is 0. The van der Waals surface area contributed by atoms with E-state index in [0.29, 0.717) is 13.0 Å². The summed E-state index contributed by atoms with van der Waals surface area (Å²) in [6, 6.07) is 9.73. The lowest BCUT2D eigenvalue weighted by Crippen LogP contribution is -2.45. The fourth-order valence-electron chi connectivity index (χ4n) is 2.66. The molecule has 1 unspecified atom stereocenters. The highest BCUT2D eigenvalue weighted by molar-refractivity contribution is 5.88. The molecule has 0 aliphatic carbocycles. The highest BCUT2D eigenvalue weighted by Gasteiger charge is 2.34. The van der Waals surface area contributed by atoms with Crippen LogP contribution in [0.15, 0.2) is 30.3 Å². The summed E-state index contributed by atoms with van der Waals surface area (Å²) in [6.45, 7) is 0.706. The summed E-state index contributed by atoms with van der Waals surface area (Å²) in [7, 11) is 3.49. The van der Waals surface area contributed by atoms with E-state index in [1.807, 2.05) is 30.3 Å². The van der Waals surface area contributed by atoms with Crippen molar-refractivity contribution in [3.8, 4) is 0 Å². The molecule has 1 aromatic rings. The molecule has 1 atom stereocenters. The number of amides is 2. The first-order valence-electron chi connectivity index (χ1n) is 7.14. The molecule has 1 fully saturated rings. The largest absolute Gasteiger partial charge is 0.347 e. The Labute approximate surface area is 120 Å². The number of likely N-dealkylation sites (tertiary alicyclic amines) is 1. The zero-order valence-electron chi connectivity index (χ0n) is 12.2. The third-order valence-corrected chi connectivity index (χ3v) is 3.77. The van der Waals surface area contributed by atoms with Crippen LogP contribution in [0.5, 0.6) is 0 Å². The summed E-state index contributed by atoms with van der Waals surface area (Å²) in [4.78, 5) is 27.7. The van der Waals surface area contributed by atoms with Crippen molar-refractivity contribution in [2.24, 2.45) is 0 Å². The molecule has 0 saturated carbocycles. The lowest BCUT2D eigenvalue weighted by molar-refractivity contribution is -0.142. The smallest absolute Gasteiger partial charge is 0.244 e. The molecular weight excluding hydrogens is 252 g/mol. The van der Waals surface area contributed by atoms with Crippen LogP contribution in [0, 0.1) is 0 Å². The van der Waals surface area contributed by atoms with E-state index < -0.39 is 0 Å². The van der Waals surface area contributed by atoms with Gasteiger partial charge in [-0.05, 0) is 24.8 Å². The number of hydrogen-bond donors (Lipinski definition) is 0. The van der Waals surface area contributed by atoms with E-state index >= 15 is 0 Å². The molecule has 0 radical (unpaired) electrons. The van der Waals surface area contributed by atoms with Gasteiger partial charge >= 0.3 is 0 Å². The van der Waals surface area contributed by atoms with E-state index in [9.17, 15) is 9.59 Å². The van der Waals surface area contributed by atoms with Gasteiger partial charge in [-0.25, -0.2) is 0 Å². The Bertz CT molecular complexity index is 471. The minimum atomic E-state index is -0.256. The zero-order chi connectivity index (χ0) is 14.5. The van der Waals surface area contributed by atoms with E-state index in [4.69, 9.17) is 0 Å². The van der Waals surface area contributed by atoms with Crippen LogP contribution in [0.1, 0.15) is 24.8 Å². The maximum absolute atomic E-state index is 12.3. The second-order valence-corrected chi connectivity index (χ2v) is 5.46. The highest BCUT2D eigenvalue weighted by Crippen LogP contribution is 2.20. The lowest BCUT2D eigenvalue weighted by atomic mass is 10.1. The van der Waals surface area contributed by atoms with E-state index in [1.165, 1.54) is 0 Å². The number of benzene rings is 1. The molecule has 20 heavy (non-hydrogen) atoms. The molecular formula is C16H22N2O2. The van der Waals surface area contributed by atoms with Crippen LogP contribution in [0.25, 0.3) is 0 Å². The summed E-state index contributed by atoms with van der Waals surface area (Å²) >= 11 is 0. The molecule has 108 valence electrons. The van der Waals surface area contributed by atoms with E-state index in [-0.39, 0.29) is 17.9 Å². The fraction of sp³-hybridized carbons (Fsp3) is 0.500. The average molecular weight is 274 g/mol. The molecule has 4 nitrogen and oxygen atoms in total. The molecule has 1 aliphatic heterocycles. The van der Waals surface area contributed by atoms with Crippen LogP contribution in [0.2, 0.25) is 0 Å². The Morgan fingerprint density at radius 3 is 2.60 bits per heavy atom. The monoisotopic (exact) mass is 274 g/mol. The van der Waals surface area contributed by atoms with Gasteiger partial charge in [0.1, 0.15) is 6.04 Å². The number of hydrogen-bond acceptors (Lipinski definition) is 2. The number of likely N-dealkylation sites (N-methyl/N-ethyl adjacent to an activating group) is 1. The SMILES string of the molecule is CN(C)C(=O)C1CCCN1C(=O)CCc1ccccc1. The molecule has 1 saturated heterocycles. The normalized spacial score (nSPS) is 18.1. The number of rotatable bonds is 4. The minimum Gasteiger partial charge on any atom is -0.347 e. The summed E-state index contributed by atoms with van der Waals surface area (Å²) in [5.74, 6) is 0.127. The molecule has 0 N–H and O–H groups in total. The van der Waals surface area contributed by atoms with Crippen LogP contribution in [0.4, 0.5) is 0 Å². The summed E-state index contributed by atoms with van der Waals surface area (Å²) in [6.07, 6.45) is 2.91. The molecule has 1 aliphatic rings. The van der Waals surface area contributed by atoms with Gasteiger partial charge in [-0.1, -0.05) is 30.3 Å². The van der Waals surface area contributed by atoms with Crippen molar-refractivity contribution in [3.05, 3.63) is 35.9 Å². The van der Waals surface area contributed by atoms with Gasteiger partial charge in [-0.15, -0.1) is 0 Å². The minimum absolute atomic E-state index is 0.0376. The molecule has 2 rings (SSSR count). The Morgan fingerprint density at radius 2 is 1.95 bits per heavy atom. The first kappa shape index (κ1) is 14.6. The number of carbonyl (C=O) groups is 2. The Kier molecular flexibility index (Phi) is 4.77. The first-order valence-corrected chi connectivity index (χ1v) is 7.14. The summed E-state index contributed by atoms with van der Waals surface area (Å²) in [5.41, 5.74) is 1.16. The third-order valence-electron chi connectivity index (χ3n) is 3.77. The predicted octanol–water partition coefficient (Wildman–Crippen LogP) is 1.70. The van der Waals surface area contributed by atoms with Gasteiger partial charge in [-0.3, -0.25) is 9.59 Å². The maximum Gasteiger partial charge on any atom is 0.244 e. The maximum atomic E-state index is 12.3. The first-order chi connectivity index (χ1) is 9.59. The van der Waals surface area contributed by atoms with Gasteiger partial charge in [0.05, 0.1) is 0 Å². The second kappa shape index (κ2) is 6.55. The van der Waals surface area contributed by atoms with Gasteiger partial charge in [0.2, 0.25) is 11.8 Å². The molecule has 4 heteroatoms. The molecule has 0 spiro atoms. The Morgan fingerprint density at radius 1 is 1.25 bits per heavy atom. The van der Waals surface area contributed by atoms with Gasteiger partial charge < -0.3 is 9.80 Å². The Hall–Kier alpha value is -1.84. The molecule has 1 heterocycles. The quantitative estimate of drug-likeness (QED) is 0.838. The van der Waals surface area contributed by atoms with Crippen molar-refractivity contribution in [3.63, 3.8) is 0 Å². The standard InChI is InChI=1S/C16H22N2O2/c1-17(2)16(20)14-9-6-12-18(14)15(19)11-10-13-7-4-3-5-8-13/h3-5,7-8,14H,6,9-12H2,1-2H3. The number of aryl methyl sites for hydroxylation is 1. The van der Waals surface area contributed by atoms with Crippen LogP contribution in [-0.2, 0) is 16.0 Å². The van der Waals surface area contributed by atoms with Crippen molar-refractivity contribution in [2.45, 2.75) is 31.7 Å². The van der Waals surface area contributed by atoms with Crippen molar-refractivity contribution >= 4 is 11.8 Å². The van der Waals surface area contributed by atoms with Gasteiger partial charge in [0.15, 0.2) is 0 Å². The van der Waals surface area contributed by atoms with Crippen LogP contribution in [-0.4, -0.2) is 48.3 Å². The molecule has 0 bridgehead atoms. The van der Waals surface area contributed by atoms with E-state index in [1.54, 1.807) is 23.9 Å². The van der Waals surface area contributed by atoms with Gasteiger partial charge in [-0.2, -0.15) is 0 Å². The third kappa shape index (κ3) is 3.38. The Balaban J connectivity index is 1.93. The van der Waals surface area contributed by atoms with Crippen molar-refractivity contribution < 1.29 is 9.59 Å². The average Bonchev–Trinajstić information content (AvgIpc) is 2.94. The molecule has 1 aromatic carbocycles. The lowest BCUT2D eigenvalue weighted by Gasteiger charge is -2.26. The van der Waals surface area contributed by atoms with E-state index in [0.717, 1.165) is 24.8 Å². The molecule has 0 aromatic heterocycles. The van der Waals surface area contributed by atoms with Crippen LogP contribution in [0.3, 0.4) is 0 Å². The zero-order valence-corrected chi connectivity index (χ0v) is 12.2. The second-order valence-electron chi connectivity index (χ2n) is 5.46. The van der Waals surface area contributed by atoms with Gasteiger partial charge in [0, 0.05) is 27.1 Å². The summed E-state index contributed by atoms with van der Waals surface area (Å²) in [5, 5.41) is 0. The van der Waals surface area contributed by atoms with Crippen LogP contribution < -0.4 is 0 Å². The van der Waals surface area contributed by atoms with Gasteiger partial charge in [0.25, 0.3) is 0 Å². The highest BCUT2D eigenvalue weighted by atomic mass is 16.2. The van der Waals surface area contributed by atoms with Crippen molar-refractivity contribution in [1.29, 1.82) is 0 Å². The molecule has 2 amide bonds. The van der Waals surface area contributed by atoms with Crippen LogP contribution >= 0.6 is 0 Å². The predicted molar refractivity (Wildman–Crippen MR) is 78.2 cm³/mol. The number of carbonyl (C=O) groups excluding carboxylic acids is 2. The van der Waals surface area contributed by atoms with Crippen molar-refractivity contribution in [2.75, 3.05) is 20.6 Å².